The summed E-state index contributed by atoms with van der Waals surface area (Å²) in [6.07, 6.45) is 4.70. The highest BCUT2D eigenvalue weighted by Crippen LogP contribution is 2.30. The summed E-state index contributed by atoms with van der Waals surface area (Å²) < 4.78 is 6.70. The second kappa shape index (κ2) is 6.34. The fraction of sp³-hybridized carbons (Fsp3) is 0. The van der Waals surface area contributed by atoms with Crippen LogP contribution in [-0.4, -0.2) is 15.9 Å². The Morgan fingerprint density at radius 3 is 2.81 bits per heavy atom. The van der Waals surface area contributed by atoms with Gasteiger partial charge in [-0.15, -0.1) is 11.3 Å². The van der Waals surface area contributed by atoms with E-state index in [0.717, 1.165) is 21.9 Å². The molecule has 0 bridgehead atoms. The number of rotatable bonds is 3. The standard InChI is InChI=1S/C21H13N3O2S/c25-21-19-17(18-6-3-9-26-18)12-27-20(19)22-13-24(21)23-11-14-7-8-15-4-1-2-5-16(15)10-14/h1-13H/b23-11-. The summed E-state index contributed by atoms with van der Waals surface area (Å²) in [5.74, 6) is 0.649. The Kier molecular flexibility index (Phi) is 3.69. The molecule has 0 spiro atoms. The highest BCUT2D eigenvalue weighted by atomic mass is 32.1. The Balaban J connectivity index is 1.58. The Labute approximate surface area is 157 Å². The normalized spacial score (nSPS) is 11.7. The zero-order valence-corrected chi connectivity index (χ0v) is 14.9. The maximum Gasteiger partial charge on any atom is 0.283 e. The lowest BCUT2D eigenvalue weighted by Crippen LogP contribution is -2.16. The number of hydrogen-bond acceptors (Lipinski definition) is 5. The quantitative estimate of drug-likeness (QED) is 0.430. The summed E-state index contributed by atoms with van der Waals surface area (Å²) in [5.41, 5.74) is 1.44. The molecule has 0 fully saturated rings. The maximum absolute atomic E-state index is 12.9. The number of hydrogen-bond donors (Lipinski definition) is 0. The second-order valence-corrected chi connectivity index (χ2v) is 6.91. The Morgan fingerprint density at radius 2 is 1.96 bits per heavy atom. The van der Waals surface area contributed by atoms with E-state index in [1.54, 1.807) is 18.5 Å². The van der Waals surface area contributed by atoms with E-state index in [2.05, 4.69) is 16.2 Å². The van der Waals surface area contributed by atoms with Gasteiger partial charge in [0, 0.05) is 10.9 Å². The van der Waals surface area contributed by atoms with Gasteiger partial charge in [0.2, 0.25) is 0 Å². The fourth-order valence-electron chi connectivity index (χ4n) is 3.04. The van der Waals surface area contributed by atoms with Gasteiger partial charge >= 0.3 is 0 Å². The molecule has 0 aliphatic carbocycles. The van der Waals surface area contributed by atoms with Crippen molar-refractivity contribution in [2.45, 2.75) is 0 Å². The van der Waals surface area contributed by atoms with E-state index in [4.69, 9.17) is 4.42 Å². The second-order valence-electron chi connectivity index (χ2n) is 6.05. The van der Waals surface area contributed by atoms with Crippen LogP contribution in [0.1, 0.15) is 5.56 Å². The first-order chi connectivity index (χ1) is 13.3. The number of thiophene rings is 1. The zero-order chi connectivity index (χ0) is 18.2. The van der Waals surface area contributed by atoms with E-state index < -0.39 is 0 Å². The van der Waals surface area contributed by atoms with Crippen LogP contribution >= 0.6 is 11.3 Å². The molecule has 0 aliphatic rings. The van der Waals surface area contributed by atoms with Crippen LogP contribution in [0.4, 0.5) is 0 Å². The molecule has 0 unspecified atom stereocenters. The van der Waals surface area contributed by atoms with Crippen molar-refractivity contribution in [2.75, 3.05) is 0 Å². The molecular weight excluding hydrogens is 358 g/mol. The van der Waals surface area contributed by atoms with Crippen LogP contribution in [0.15, 0.2) is 86.9 Å². The van der Waals surface area contributed by atoms with Crippen molar-refractivity contribution in [3.8, 4) is 11.3 Å². The number of benzene rings is 2. The van der Waals surface area contributed by atoms with Crippen molar-refractivity contribution < 1.29 is 4.42 Å². The SMILES string of the molecule is O=c1c2c(-c3ccco3)csc2ncn1/N=C\c1ccc2ccccc2c1. The van der Waals surface area contributed by atoms with E-state index >= 15 is 0 Å². The molecule has 0 radical (unpaired) electrons. The molecule has 5 aromatic rings. The van der Waals surface area contributed by atoms with Gasteiger partial charge in [-0.25, -0.2) is 4.98 Å². The molecule has 3 heterocycles. The first-order valence-corrected chi connectivity index (χ1v) is 9.23. The molecule has 0 atom stereocenters. The lowest BCUT2D eigenvalue weighted by molar-refractivity contribution is 0.583. The summed E-state index contributed by atoms with van der Waals surface area (Å²) in [5, 5.41) is 9.02. The summed E-state index contributed by atoms with van der Waals surface area (Å²) in [6, 6.07) is 17.8. The van der Waals surface area contributed by atoms with Crippen LogP contribution < -0.4 is 5.56 Å². The predicted molar refractivity (Wildman–Crippen MR) is 109 cm³/mol. The van der Waals surface area contributed by atoms with Gasteiger partial charge in [-0.05, 0) is 34.5 Å². The highest BCUT2D eigenvalue weighted by molar-refractivity contribution is 7.17. The van der Waals surface area contributed by atoms with E-state index in [-0.39, 0.29) is 5.56 Å². The van der Waals surface area contributed by atoms with Crippen molar-refractivity contribution in [1.29, 1.82) is 0 Å². The minimum atomic E-state index is -0.218. The van der Waals surface area contributed by atoms with Crippen molar-refractivity contribution in [3.05, 3.63) is 88.5 Å². The first kappa shape index (κ1) is 15.7. The van der Waals surface area contributed by atoms with Gasteiger partial charge in [0.25, 0.3) is 5.56 Å². The molecule has 5 rings (SSSR count). The lowest BCUT2D eigenvalue weighted by Gasteiger charge is -2.01. The molecule has 0 aliphatic heterocycles. The third-order valence-corrected chi connectivity index (χ3v) is 5.26. The molecule has 0 amide bonds. The lowest BCUT2D eigenvalue weighted by atomic mass is 10.1. The van der Waals surface area contributed by atoms with Crippen LogP contribution in [0.5, 0.6) is 0 Å². The van der Waals surface area contributed by atoms with Gasteiger partial charge in [-0.2, -0.15) is 9.78 Å². The molecule has 27 heavy (non-hydrogen) atoms. The van der Waals surface area contributed by atoms with E-state index in [1.165, 1.54) is 22.3 Å². The molecule has 3 aromatic heterocycles. The Morgan fingerprint density at radius 1 is 1.07 bits per heavy atom. The molecule has 5 nitrogen and oxygen atoms in total. The summed E-state index contributed by atoms with van der Waals surface area (Å²) in [7, 11) is 0. The van der Waals surface area contributed by atoms with Crippen LogP contribution in [-0.2, 0) is 0 Å². The Bertz CT molecular complexity index is 1350. The van der Waals surface area contributed by atoms with Crippen LogP contribution in [0.25, 0.3) is 32.3 Å². The molecule has 0 N–H and O–H groups in total. The van der Waals surface area contributed by atoms with Crippen molar-refractivity contribution in [1.82, 2.24) is 9.66 Å². The van der Waals surface area contributed by atoms with Crippen molar-refractivity contribution in [3.63, 3.8) is 0 Å². The van der Waals surface area contributed by atoms with Gasteiger partial charge in [0.15, 0.2) is 0 Å². The average Bonchev–Trinajstić information content (AvgIpc) is 3.37. The van der Waals surface area contributed by atoms with Crippen LogP contribution in [0.2, 0.25) is 0 Å². The predicted octanol–water partition coefficient (Wildman–Crippen LogP) is 4.75. The van der Waals surface area contributed by atoms with Gasteiger partial charge in [-0.3, -0.25) is 4.79 Å². The summed E-state index contributed by atoms with van der Waals surface area (Å²) in [6.45, 7) is 0. The van der Waals surface area contributed by atoms with Gasteiger partial charge < -0.3 is 4.42 Å². The van der Waals surface area contributed by atoms with Crippen molar-refractivity contribution >= 4 is 38.5 Å². The molecule has 2 aromatic carbocycles. The smallest absolute Gasteiger partial charge is 0.283 e. The number of aromatic nitrogens is 2. The third-order valence-electron chi connectivity index (χ3n) is 4.37. The Hall–Kier alpha value is -3.51. The first-order valence-electron chi connectivity index (χ1n) is 8.35. The van der Waals surface area contributed by atoms with Gasteiger partial charge in [0.1, 0.15) is 16.9 Å². The average molecular weight is 371 g/mol. The van der Waals surface area contributed by atoms with Gasteiger partial charge in [0.05, 0.1) is 17.9 Å². The van der Waals surface area contributed by atoms with Crippen molar-refractivity contribution in [2.24, 2.45) is 5.10 Å². The molecule has 0 saturated carbocycles. The highest BCUT2D eigenvalue weighted by Gasteiger charge is 2.14. The summed E-state index contributed by atoms with van der Waals surface area (Å²) >= 11 is 1.41. The monoisotopic (exact) mass is 371 g/mol. The van der Waals surface area contributed by atoms with Crippen LogP contribution in [0, 0.1) is 0 Å². The largest absolute Gasteiger partial charge is 0.464 e. The summed E-state index contributed by atoms with van der Waals surface area (Å²) in [4.78, 5) is 17.9. The molecule has 6 heteroatoms. The van der Waals surface area contributed by atoms with E-state index in [1.807, 2.05) is 47.8 Å². The minimum absolute atomic E-state index is 0.218. The fourth-order valence-corrected chi connectivity index (χ4v) is 3.92. The molecular formula is C21H13N3O2S. The number of furan rings is 1. The van der Waals surface area contributed by atoms with E-state index in [0.29, 0.717) is 16.0 Å². The molecule has 130 valence electrons. The minimum Gasteiger partial charge on any atom is -0.464 e. The topological polar surface area (TPSA) is 60.4 Å². The van der Waals surface area contributed by atoms with Crippen LogP contribution in [0.3, 0.4) is 0 Å². The van der Waals surface area contributed by atoms with E-state index in [9.17, 15) is 4.79 Å². The zero-order valence-electron chi connectivity index (χ0n) is 14.1. The maximum atomic E-state index is 12.9. The third kappa shape index (κ3) is 2.76. The number of fused-ring (bicyclic) bond motifs is 2. The number of nitrogens with zero attached hydrogens (tertiary/aromatic N) is 3. The van der Waals surface area contributed by atoms with Gasteiger partial charge in [-0.1, -0.05) is 36.4 Å². The molecule has 0 saturated heterocycles.